The molecule has 0 radical (unpaired) electrons. The molecule has 2 aromatic carbocycles. The van der Waals surface area contributed by atoms with Gasteiger partial charge in [-0.15, -0.1) is 11.3 Å². The van der Waals surface area contributed by atoms with E-state index in [1.54, 1.807) is 29.4 Å². The standard InChI is InChI=1S/C30H29Cl4FN8S/c1-2-42-7-5-19(6-8-42)43(38)15-25(37)29(21-12-26(33)44-30(21)34)41-18-9-20-27(40-17-3-4-24(35)22(31)10-17)16(13-36)14-39-28(20)23(32)11-18/h3-4,9-12,14-15,19,29,41H,2,5-8,37-38H2,1H3,(H,39,40)/b25-15-. The molecule has 44 heavy (non-hydrogen) atoms. The van der Waals surface area contributed by atoms with Crippen LogP contribution in [0.3, 0.4) is 0 Å². The van der Waals surface area contributed by atoms with Crippen molar-refractivity contribution in [2.75, 3.05) is 30.3 Å². The van der Waals surface area contributed by atoms with E-state index >= 15 is 0 Å². The minimum atomic E-state index is -0.624. The van der Waals surface area contributed by atoms with E-state index in [0.29, 0.717) is 52.9 Å². The fourth-order valence-corrected chi connectivity index (χ4v) is 7.20. The van der Waals surface area contributed by atoms with Crippen molar-refractivity contribution in [1.29, 1.82) is 5.26 Å². The number of nitrogens with one attached hydrogen (secondary N) is 2. The predicted octanol–water partition coefficient (Wildman–Crippen LogP) is 8.28. The zero-order chi connectivity index (χ0) is 31.5. The lowest BCUT2D eigenvalue weighted by Crippen LogP contribution is -2.46. The van der Waals surface area contributed by atoms with Gasteiger partial charge in [-0.2, -0.15) is 5.26 Å². The van der Waals surface area contributed by atoms with Crippen molar-refractivity contribution in [3.63, 3.8) is 0 Å². The molecular weight excluding hydrogens is 665 g/mol. The molecule has 14 heteroatoms. The minimum absolute atomic E-state index is 0.0615. The number of nitriles is 1. The van der Waals surface area contributed by atoms with Crippen LogP contribution >= 0.6 is 57.7 Å². The number of thiophene rings is 1. The Hall–Kier alpha value is -3.01. The number of hydrazine groups is 1. The molecule has 1 aliphatic rings. The maximum Gasteiger partial charge on any atom is 0.141 e. The van der Waals surface area contributed by atoms with Crippen LogP contribution in [0.2, 0.25) is 18.7 Å². The topological polar surface area (TPSA) is 119 Å². The SMILES string of the molecule is CCN1CCC(N(N)/C=C(\N)C(Nc2cc(Cl)c3ncc(C#N)c(Nc4ccc(F)c(Cl)c4)c3c2)c2cc(Cl)sc2Cl)CC1. The summed E-state index contributed by atoms with van der Waals surface area (Å²) in [5.74, 6) is 5.95. The molecule has 1 fully saturated rings. The average molecular weight is 694 g/mol. The number of hydrogen-bond donors (Lipinski definition) is 4. The highest BCUT2D eigenvalue weighted by molar-refractivity contribution is 7.20. The lowest BCUT2D eigenvalue weighted by Gasteiger charge is -2.35. The zero-order valence-corrected chi connectivity index (χ0v) is 27.4. The summed E-state index contributed by atoms with van der Waals surface area (Å²) in [6.07, 6.45) is 4.99. The van der Waals surface area contributed by atoms with Crippen LogP contribution in [-0.2, 0) is 0 Å². The molecule has 0 bridgehead atoms. The van der Waals surface area contributed by atoms with Gasteiger partial charge in [0.1, 0.15) is 16.2 Å². The van der Waals surface area contributed by atoms with Crippen molar-refractivity contribution in [1.82, 2.24) is 14.9 Å². The number of piperidine rings is 1. The average Bonchev–Trinajstić information content (AvgIpc) is 3.34. The molecule has 3 heterocycles. The first-order valence-corrected chi connectivity index (χ1v) is 16.1. The monoisotopic (exact) mass is 692 g/mol. The third-order valence-corrected chi connectivity index (χ3v) is 9.69. The summed E-state index contributed by atoms with van der Waals surface area (Å²) in [6, 6.07) is 11.1. The van der Waals surface area contributed by atoms with Gasteiger partial charge in [0.15, 0.2) is 0 Å². The number of rotatable bonds is 9. The Morgan fingerprint density at radius 3 is 2.55 bits per heavy atom. The molecule has 1 unspecified atom stereocenters. The maximum atomic E-state index is 13.8. The third-order valence-electron chi connectivity index (χ3n) is 7.60. The molecule has 230 valence electrons. The van der Waals surface area contributed by atoms with Crippen molar-refractivity contribution >= 4 is 85.7 Å². The van der Waals surface area contributed by atoms with Crippen LogP contribution in [0.15, 0.2) is 54.5 Å². The van der Waals surface area contributed by atoms with E-state index in [0.717, 1.165) is 32.5 Å². The van der Waals surface area contributed by atoms with Crippen LogP contribution in [0.4, 0.5) is 21.5 Å². The van der Waals surface area contributed by atoms with Gasteiger partial charge in [-0.3, -0.25) is 4.98 Å². The van der Waals surface area contributed by atoms with Crippen LogP contribution in [0.25, 0.3) is 10.9 Å². The van der Waals surface area contributed by atoms with E-state index in [4.69, 9.17) is 58.0 Å². The van der Waals surface area contributed by atoms with E-state index in [1.165, 1.54) is 35.7 Å². The first-order chi connectivity index (χ1) is 21.1. The van der Waals surface area contributed by atoms with E-state index in [9.17, 15) is 9.65 Å². The second kappa shape index (κ2) is 14.0. The van der Waals surface area contributed by atoms with E-state index in [2.05, 4.69) is 33.5 Å². The van der Waals surface area contributed by atoms with Gasteiger partial charge < -0.3 is 26.3 Å². The Kier molecular flexibility index (Phi) is 10.3. The van der Waals surface area contributed by atoms with Crippen molar-refractivity contribution in [2.24, 2.45) is 11.6 Å². The number of aromatic nitrogens is 1. The fraction of sp³-hybridized carbons (Fsp3) is 0.267. The molecule has 5 rings (SSSR count). The number of nitrogens with two attached hydrogens (primary N) is 2. The Balaban J connectivity index is 1.53. The Morgan fingerprint density at radius 2 is 1.91 bits per heavy atom. The highest BCUT2D eigenvalue weighted by Crippen LogP contribution is 2.40. The molecule has 8 nitrogen and oxygen atoms in total. The molecule has 4 aromatic rings. The Labute approximate surface area is 278 Å². The molecule has 0 amide bonds. The van der Waals surface area contributed by atoms with Gasteiger partial charge in [-0.05, 0) is 55.8 Å². The van der Waals surface area contributed by atoms with Crippen LogP contribution in [0.5, 0.6) is 0 Å². The number of likely N-dealkylation sites (tertiary alicyclic amines) is 1. The largest absolute Gasteiger partial charge is 0.399 e. The van der Waals surface area contributed by atoms with Crippen LogP contribution in [0.1, 0.15) is 36.9 Å². The number of halogens is 5. The van der Waals surface area contributed by atoms with Crippen molar-refractivity contribution in [3.8, 4) is 6.07 Å². The van der Waals surface area contributed by atoms with Crippen LogP contribution in [-0.4, -0.2) is 40.6 Å². The molecule has 1 aliphatic heterocycles. The second-order valence-electron chi connectivity index (χ2n) is 10.4. The van der Waals surface area contributed by atoms with E-state index in [-0.39, 0.29) is 16.6 Å². The maximum absolute atomic E-state index is 13.8. The van der Waals surface area contributed by atoms with Gasteiger partial charge in [-0.25, -0.2) is 10.2 Å². The number of benzene rings is 2. The smallest absolute Gasteiger partial charge is 0.141 e. The van der Waals surface area contributed by atoms with E-state index < -0.39 is 11.9 Å². The van der Waals surface area contributed by atoms with Crippen molar-refractivity contribution in [3.05, 3.63) is 90.2 Å². The summed E-state index contributed by atoms with van der Waals surface area (Å²) in [5, 5.41) is 19.0. The third kappa shape index (κ3) is 7.11. The number of anilines is 3. The lowest BCUT2D eigenvalue weighted by molar-refractivity contribution is 0.146. The van der Waals surface area contributed by atoms with Gasteiger partial charge in [0.25, 0.3) is 0 Å². The summed E-state index contributed by atoms with van der Waals surface area (Å²) in [5.41, 5.74) is 9.98. The molecule has 0 spiro atoms. The Bertz CT molecular complexity index is 1750. The molecule has 1 atom stereocenters. The zero-order valence-electron chi connectivity index (χ0n) is 23.6. The summed E-state index contributed by atoms with van der Waals surface area (Å²) in [6.45, 7) is 5.08. The number of nitrogens with zero attached hydrogens (tertiary/aromatic N) is 4. The first-order valence-electron chi connectivity index (χ1n) is 13.8. The number of fused-ring (bicyclic) bond motifs is 1. The highest BCUT2D eigenvalue weighted by atomic mass is 35.5. The van der Waals surface area contributed by atoms with Crippen LogP contribution in [0, 0.1) is 17.1 Å². The molecule has 2 aromatic heterocycles. The minimum Gasteiger partial charge on any atom is -0.399 e. The first kappa shape index (κ1) is 32.4. The van der Waals surface area contributed by atoms with Crippen molar-refractivity contribution < 1.29 is 4.39 Å². The summed E-state index contributed by atoms with van der Waals surface area (Å²) in [7, 11) is 0. The normalized spacial score (nSPS) is 15.3. The van der Waals surface area contributed by atoms with Crippen molar-refractivity contribution in [2.45, 2.75) is 31.8 Å². The van der Waals surface area contributed by atoms with E-state index in [1.807, 2.05) is 0 Å². The van der Waals surface area contributed by atoms with Gasteiger partial charge in [0.2, 0.25) is 0 Å². The molecular formula is C30H29Cl4FN8S. The lowest BCUT2D eigenvalue weighted by atomic mass is 10.0. The summed E-state index contributed by atoms with van der Waals surface area (Å²) < 4.78 is 14.8. The highest BCUT2D eigenvalue weighted by Gasteiger charge is 2.25. The van der Waals surface area contributed by atoms with Gasteiger partial charge in [0.05, 0.1) is 42.9 Å². The molecule has 0 saturated carbocycles. The number of pyridine rings is 1. The van der Waals surface area contributed by atoms with Gasteiger partial charge in [-0.1, -0.05) is 53.3 Å². The predicted molar refractivity (Wildman–Crippen MR) is 180 cm³/mol. The molecule has 0 aliphatic carbocycles. The quantitative estimate of drug-likeness (QED) is 0.102. The summed E-state index contributed by atoms with van der Waals surface area (Å²) in [4.78, 5) is 6.80. The molecule has 6 N–H and O–H groups in total. The Morgan fingerprint density at radius 1 is 1.18 bits per heavy atom. The van der Waals surface area contributed by atoms with Gasteiger partial charge in [0, 0.05) is 53.9 Å². The second-order valence-corrected chi connectivity index (χ2v) is 13.5. The van der Waals surface area contributed by atoms with Gasteiger partial charge >= 0.3 is 0 Å². The number of hydrogen-bond acceptors (Lipinski definition) is 9. The fourth-order valence-electron chi connectivity index (χ4n) is 5.22. The summed E-state index contributed by atoms with van der Waals surface area (Å²) >= 11 is 26.9. The molecule has 1 saturated heterocycles. The van der Waals surface area contributed by atoms with Crippen LogP contribution < -0.4 is 22.2 Å².